The molecule has 2 unspecified atom stereocenters. The maximum Gasteiger partial charge on any atom is 0.323 e. The Hall–Kier alpha value is -4.15. The molecule has 0 bridgehead atoms. The number of carbonyl (C=O) groups is 2. The van der Waals surface area contributed by atoms with Gasteiger partial charge in [0.05, 0.1) is 17.4 Å². The minimum Gasteiger partial charge on any atom is -0.373 e. The lowest BCUT2D eigenvalue weighted by Crippen LogP contribution is -2.48. The molecule has 7 nitrogen and oxygen atoms in total. The van der Waals surface area contributed by atoms with Crippen molar-refractivity contribution in [2.75, 3.05) is 24.2 Å². The zero-order valence-corrected chi connectivity index (χ0v) is 18.7. The quantitative estimate of drug-likeness (QED) is 0.551. The molecule has 0 aliphatic carbocycles. The number of likely N-dealkylation sites (N-methyl/N-ethyl adjacent to an activating group) is 1. The van der Waals surface area contributed by atoms with E-state index < -0.39 is 46.6 Å². The summed E-state index contributed by atoms with van der Waals surface area (Å²) in [6.45, 7) is 2.11. The van der Waals surface area contributed by atoms with Crippen LogP contribution in [0, 0.1) is 29.2 Å². The number of nitrogens with zero attached hydrogens (tertiary/aromatic N) is 2. The van der Waals surface area contributed by atoms with Crippen LogP contribution in [0.4, 0.5) is 33.7 Å². The Morgan fingerprint density at radius 3 is 2.40 bits per heavy atom. The molecule has 0 spiro atoms. The molecule has 0 fully saturated rings. The molecule has 2 aromatic carbocycles. The van der Waals surface area contributed by atoms with Crippen molar-refractivity contribution in [3.05, 3.63) is 77.1 Å². The summed E-state index contributed by atoms with van der Waals surface area (Å²) in [5.41, 5.74) is -1.16. The zero-order chi connectivity index (χ0) is 25.3. The number of hydrogen-bond acceptors (Lipinski definition) is 4. The van der Waals surface area contributed by atoms with E-state index in [2.05, 4.69) is 20.9 Å². The number of carbonyl (C=O) groups excluding carboxylic acids is 2. The summed E-state index contributed by atoms with van der Waals surface area (Å²) in [6, 6.07) is 2.55. The molecule has 0 saturated carbocycles. The number of rotatable bonds is 5. The van der Waals surface area contributed by atoms with Gasteiger partial charge in [-0.25, -0.2) is 27.3 Å². The third-order valence-corrected chi connectivity index (χ3v) is 5.69. The largest absolute Gasteiger partial charge is 0.373 e. The molecule has 2 heterocycles. The van der Waals surface area contributed by atoms with Gasteiger partial charge in [0, 0.05) is 49.0 Å². The first-order valence-corrected chi connectivity index (χ1v) is 10.7. The van der Waals surface area contributed by atoms with E-state index in [-0.39, 0.29) is 23.1 Å². The Kier molecular flexibility index (Phi) is 6.59. The Morgan fingerprint density at radius 1 is 1.00 bits per heavy atom. The molecule has 35 heavy (non-hydrogen) atoms. The third kappa shape index (κ3) is 4.75. The Morgan fingerprint density at radius 2 is 1.71 bits per heavy atom. The first-order chi connectivity index (χ1) is 16.7. The standard InChI is InChI=1S/C24H21F4N5O2/c1-3-33-21-10-22(29-2)30-11-12(21)6-15(23(33)34)14-8-20(18(28)9-17(14)27)32-24(35)31-19-7-13(25)4-5-16(19)26/h4-12,21,29H,3H2,1-2H3,(H2,31,32,35). The van der Waals surface area contributed by atoms with Crippen molar-refractivity contribution in [3.63, 3.8) is 0 Å². The lowest BCUT2D eigenvalue weighted by atomic mass is 9.87. The molecule has 0 aromatic heterocycles. The van der Waals surface area contributed by atoms with Crippen LogP contribution in [0.2, 0.25) is 0 Å². The Bertz CT molecular complexity index is 1290. The van der Waals surface area contributed by atoms with Crippen molar-refractivity contribution >= 4 is 35.1 Å². The summed E-state index contributed by atoms with van der Waals surface area (Å²) >= 11 is 0. The summed E-state index contributed by atoms with van der Waals surface area (Å²) in [7, 11) is 1.70. The summed E-state index contributed by atoms with van der Waals surface area (Å²) in [6.07, 6.45) is 4.98. The zero-order valence-electron chi connectivity index (χ0n) is 18.7. The van der Waals surface area contributed by atoms with Crippen LogP contribution >= 0.6 is 0 Å². The van der Waals surface area contributed by atoms with Gasteiger partial charge in [-0.3, -0.25) is 4.79 Å². The van der Waals surface area contributed by atoms with E-state index >= 15 is 0 Å². The first kappa shape index (κ1) is 24.0. The number of fused-ring (bicyclic) bond motifs is 1. The number of anilines is 2. The number of amides is 3. The molecule has 0 radical (unpaired) electrons. The molecule has 3 amide bonds. The van der Waals surface area contributed by atoms with Gasteiger partial charge in [0.1, 0.15) is 29.1 Å². The highest BCUT2D eigenvalue weighted by Crippen LogP contribution is 2.34. The summed E-state index contributed by atoms with van der Waals surface area (Å²) in [5, 5.41) is 7.13. The molecular formula is C24H21F4N5O2. The monoisotopic (exact) mass is 487 g/mol. The number of nitrogens with one attached hydrogen (secondary N) is 3. The minimum atomic E-state index is -1.11. The summed E-state index contributed by atoms with van der Waals surface area (Å²) < 4.78 is 56.4. The molecule has 3 N–H and O–H groups in total. The van der Waals surface area contributed by atoms with Crippen molar-refractivity contribution in [2.24, 2.45) is 10.9 Å². The van der Waals surface area contributed by atoms with E-state index in [1.54, 1.807) is 32.3 Å². The number of halogens is 4. The van der Waals surface area contributed by atoms with Gasteiger partial charge in [-0.15, -0.1) is 0 Å². The fourth-order valence-electron chi connectivity index (χ4n) is 3.99. The van der Waals surface area contributed by atoms with Crippen molar-refractivity contribution in [1.82, 2.24) is 10.2 Å². The van der Waals surface area contributed by atoms with Gasteiger partial charge in [-0.1, -0.05) is 6.08 Å². The number of aliphatic imine (C=N–C) groups is 1. The number of urea groups is 1. The lowest BCUT2D eigenvalue weighted by molar-refractivity contribution is -0.127. The average Bonchev–Trinajstić information content (AvgIpc) is 2.82. The van der Waals surface area contributed by atoms with Crippen LogP contribution in [-0.2, 0) is 4.79 Å². The summed E-state index contributed by atoms with van der Waals surface area (Å²) in [4.78, 5) is 31.3. The molecule has 2 atom stereocenters. The third-order valence-electron chi connectivity index (χ3n) is 5.69. The fourth-order valence-corrected chi connectivity index (χ4v) is 3.99. The second-order valence-electron chi connectivity index (χ2n) is 7.83. The van der Waals surface area contributed by atoms with Crippen LogP contribution in [0.1, 0.15) is 12.5 Å². The van der Waals surface area contributed by atoms with Crippen LogP contribution in [-0.4, -0.2) is 42.7 Å². The maximum atomic E-state index is 14.8. The van der Waals surface area contributed by atoms with Crippen molar-refractivity contribution < 1.29 is 27.2 Å². The second-order valence-corrected chi connectivity index (χ2v) is 7.83. The predicted octanol–water partition coefficient (Wildman–Crippen LogP) is 4.26. The average molecular weight is 487 g/mol. The summed E-state index contributed by atoms with van der Waals surface area (Å²) in [5.74, 6) is -4.04. The van der Waals surface area contributed by atoms with E-state index in [1.807, 2.05) is 0 Å². The van der Waals surface area contributed by atoms with Crippen LogP contribution in [0.25, 0.3) is 5.57 Å². The van der Waals surface area contributed by atoms with Crippen LogP contribution < -0.4 is 16.0 Å². The maximum absolute atomic E-state index is 14.8. The topological polar surface area (TPSA) is 85.8 Å². The van der Waals surface area contributed by atoms with Crippen molar-refractivity contribution in [2.45, 2.75) is 13.0 Å². The normalized spacial score (nSPS) is 19.0. The van der Waals surface area contributed by atoms with E-state index in [0.29, 0.717) is 18.4 Å². The van der Waals surface area contributed by atoms with Gasteiger partial charge < -0.3 is 20.9 Å². The highest BCUT2D eigenvalue weighted by atomic mass is 19.1. The second kappa shape index (κ2) is 9.61. The van der Waals surface area contributed by atoms with Gasteiger partial charge in [-0.2, -0.15) is 0 Å². The minimum absolute atomic E-state index is 0.0157. The smallest absolute Gasteiger partial charge is 0.323 e. The van der Waals surface area contributed by atoms with Gasteiger partial charge in [-0.05, 0) is 31.2 Å². The molecule has 0 saturated heterocycles. The van der Waals surface area contributed by atoms with Crippen LogP contribution in [0.15, 0.2) is 53.3 Å². The SMILES string of the molecule is CCN1C(=O)C(c2cc(NC(=O)Nc3cc(F)ccc3F)c(F)cc2F)=CC2C=NC(NC)=CC21. The molecular weight excluding hydrogens is 466 g/mol. The van der Waals surface area contributed by atoms with Crippen LogP contribution in [0.5, 0.6) is 0 Å². The van der Waals surface area contributed by atoms with Crippen molar-refractivity contribution in [1.29, 1.82) is 0 Å². The lowest BCUT2D eigenvalue weighted by Gasteiger charge is -2.38. The highest BCUT2D eigenvalue weighted by Gasteiger charge is 2.37. The van der Waals surface area contributed by atoms with E-state index in [9.17, 15) is 27.2 Å². The van der Waals surface area contributed by atoms with Crippen LogP contribution in [0.3, 0.4) is 0 Å². The van der Waals surface area contributed by atoms with Gasteiger partial charge in [0.15, 0.2) is 0 Å². The van der Waals surface area contributed by atoms with E-state index in [4.69, 9.17) is 0 Å². The highest BCUT2D eigenvalue weighted by molar-refractivity contribution is 6.21. The van der Waals surface area contributed by atoms with Gasteiger partial charge in [0.2, 0.25) is 0 Å². The Labute approximate surface area is 198 Å². The van der Waals surface area contributed by atoms with Gasteiger partial charge in [0.25, 0.3) is 5.91 Å². The van der Waals surface area contributed by atoms with E-state index in [1.165, 1.54) is 4.90 Å². The molecule has 2 aliphatic heterocycles. The number of benzene rings is 2. The molecule has 2 aliphatic rings. The predicted molar refractivity (Wildman–Crippen MR) is 124 cm³/mol. The molecule has 2 aromatic rings. The van der Waals surface area contributed by atoms with Crippen molar-refractivity contribution in [3.8, 4) is 0 Å². The molecule has 182 valence electrons. The Balaban J connectivity index is 1.65. The molecule has 11 heteroatoms. The first-order valence-electron chi connectivity index (χ1n) is 10.7. The molecule has 4 rings (SSSR count). The van der Waals surface area contributed by atoms with E-state index in [0.717, 1.165) is 24.3 Å². The number of hydrogen-bond donors (Lipinski definition) is 3. The van der Waals surface area contributed by atoms with Gasteiger partial charge >= 0.3 is 6.03 Å². The fraction of sp³-hybridized carbons (Fsp3) is 0.208.